The van der Waals surface area contributed by atoms with Crippen molar-refractivity contribution in [2.45, 2.75) is 128 Å². The van der Waals surface area contributed by atoms with Crippen molar-refractivity contribution in [3.63, 3.8) is 0 Å². The van der Waals surface area contributed by atoms with Crippen LogP contribution in [0.1, 0.15) is 77.8 Å². The average molecular weight is 959 g/mol. The fourth-order valence-electron chi connectivity index (χ4n) is 8.39. The highest BCUT2D eigenvalue weighted by molar-refractivity contribution is 5.96. The van der Waals surface area contributed by atoms with Gasteiger partial charge in [-0.05, 0) is 66.0 Å². The highest BCUT2D eigenvalue weighted by Gasteiger charge is 2.39. The van der Waals surface area contributed by atoms with E-state index in [0.717, 1.165) is 28.8 Å². The number of nitrogens with zero attached hydrogens (tertiary/aromatic N) is 1. The Morgan fingerprint density at radius 1 is 0.739 bits per heavy atom. The van der Waals surface area contributed by atoms with E-state index in [2.05, 4.69) is 31.9 Å². The zero-order valence-corrected chi connectivity index (χ0v) is 40.4. The van der Waals surface area contributed by atoms with E-state index in [0.29, 0.717) is 25.8 Å². The monoisotopic (exact) mass is 959 g/mol. The van der Waals surface area contributed by atoms with Gasteiger partial charge < -0.3 is 52.6 Å². The van der Waals surface area contributed by atoms with E-state index >= 15 is 0 Å². The molecule has 0 spiro atoms. The second-order valence-corrected chi connectivity index (χ2v) is 18.2. The molecule has 376 valence electrons. The van der Waals surface area contributed by atoms with Crippen LogP contribution < -0.4 is 37.6 Å². The predicted molar refractivity (Wildman–Crippen MR) is 257 cm³/mol. The standard InChI is InChI=1S/C50H70N8O11/c1-7-30(4)44(49(67)56-39(50(68)69-6)25-33-19-20-34-16-11-12-17-35(34)23-33)57-48(66)41-18-13-21-58(41)27-42(61)36(24-32-14-9-8-10-15-32)53-46(64)38(26-43(51)62)55-45(63)37(22-29(2)3)54-47(65)40(28-59)52-31(5)60/h8-12,14-17,19-20,23,29-30,36-42,44,59,61H,7,13,18,21-22,24-28H2,1-6H3,(H2,51,62)(H,52,60)(H,53,64)(H,54,65)(H,55,63)(H,56,67)(H,57,66)/t30?,36-,37-,38-,39-,40-,41-,42?,44-/m0/s1. The van der Waals surface area contributed by atoms with E-state index in [-0.39, 0.29) is 37.6 Å². The summed E-state index contributed by atoms with van der Waals surface area (Å²) in [6.45, 7) is 8.01. The number of amides is 7. The number of ether oxygens (including phenoxy) is 1. The zero-order chi connectivity index (χ0) is 50.8. The van der Waals surface area contributed by atoms with Crippen LogP contribution in [0, 0.1) is 11.8 Å². The Morgan fingerprint density at radius 3 is 1.99 bits per heavy atom. The Kier molecular flexibility index (Phi) is 21.5. The van der Waals surface area contributed by atoms with E-state index in [1.165, 1.54) is 7.11 Å². The van der Waals surface area contributed by atoms with Crippen LogP contribution in [0.3, 0.4) is 0 Å². The molecule has 0 saturated carbocycles. The van der Waals surface area contributed by atoms with Gasteiger partial charge in [0.05, 0.1) is 38.3 Å². The normalized spacial score (nSPS) is 17.2. The molecule has 1 aliphatic rings. The molecule has 69 heavy (non-hydrogen) atoms. The summed E-state index contributed by atoms with van der Waals surface area (Å²) in [6, 6.07) is 14.5. The molecule has 0 aliphatic carbocycles. The number of likely N-dealkylation sites (tertiary alicyclic amines) is 1. The van der Waals surface area contributed by atoms with Crippen LogP contribution >= 0.6 is 0 Å². The number of rotatable bonds is 26. The molecule has 4 rings (SSSR count). The lowest BCUT2D eigenvalue weighted by Crippen LogP contribution is -2.60. The van der Waals surface area contributed by atoms with Crippen LogP contribution in [0.5, 0.6) is 0 Å². The van der Waals surface area contributed by atoms with Gasteiger partial charge in [-0.25, -0.2) is 4.79 Å². The van der Waals surface area contributed by atoms with Crippen LogP contribution in [-0.2, 0) is 55.9 Å². The minimum atomic E-state index is -1.55. The summed E-state index contributed by atoms with van der Waals surface area (Å²) in [5.74, 6) is -6.19. The molecule has 7 amide bonds. The molecule has 1 fully saturated rings. The maximum absolute atomic E-state index is 14.2. The molecular weight excluding hydrogens is 889 g/mol. The lowest BCUT2D eigenvalue weighted by atomic mass is 9.96. The van der Waals surface area contributed by atoms with E-state index in [1.807, 2.05) is 56.3 Å². The Labute approximate surface area is 403 Å². The summed E-state index contributed by atoms with van der Waals surface area (Å²) in [5.41, 5.74) is 7.08. The largest absolute Gasteiger partial charge is 0.467 e. The van der Waals surface area contributed by atoms with E-state index in [4.69, 9.17) is 10.5 Å². The maximum atomic E-state index is 14.2. The molecule has 19 heteroatoms. The number of carbonyl (C=O) groups excluding carboxylic acids is 8. The molecule has 2 unspecified atom stereocenters. The topological polar surface area (TPSA) is 288 Å². The molecule has 0 bridgehead atoms. The number of nitrogens with two attached hydrogens (primary N) is 1. The van der Waals surface area contributed by atoms with Gasteiger partial charge in [0.15, 0.2) is 0 Å². The van der Waals surface area contributed by atoms with Crippen molar-refractivity contribution in [3.05, 3.63) is 83.9 Å². The molecule has 0 radical (unpaired) electrons. The van der Waals surface area contributed by atoms with Gasteiger partial charge in [0.25, 0.3) is 0 Å². The summed E-state index contributed by atoms with van der Waals surface area (Å²) >= 11 is 0. The van der Waals surface area contributed by atoms with Crippen molar-refractivity contribution >= 4 is 58.1 Å². The molecule has 1 saturated heterocycles. The van der Waals surface area contributed by atoms with Gasteiger partial charge in [0, 0.05) is 19.9 Å². The van der Waals surface area contributed by atoms with E-state index < -0.39 is 109 Å². The number of methoxy groups -OCH3 is 1. The molecule has 3 aromatic rings. The van der Waals surface area contributed by atoms with Crippen LogP contribution in [0.2, 0.25) is 0 Å². The fraction of sp³-hybridized carbons (Fsp3) is 0.520. The highest BCUT2D eigenvalue weighted by atomic mass is 16.5. The van der Waals surface area contributed by atoms with Gasteiger partial charge >= 0.3 is 5.97 Å². The van der Waals surface area contributed by atoms with Crippen molar-refractivity contribution in [1.29, 1.82) is 0 Å². The molecule has 10 N–H and O–H groups in total. The first-order chi connectivity index (χ1) is 32.8. The first-order valence-corrected chi connectivity index (χ1v) is 23.5. The van der Waals surface area contributed by atoms with Gasteiger partial charge in [-0.3, -0.25) is 38.5 Å². The van der Waals surface area contributed by atoms with Crippen molar-refractivity contribution < 1.29 is 53.3 Å². The number of fused-ring (bicyclic) bond motifs is 1. The molecule has 9 atom stereocenters. The SMILES string of the molecule is CCC(C)[C@H](NC(=O)[C@@H]1CCCN1CC(O)[C@H](Cc1ccccc1)NC(=O)[C@H](CC(N)=O)NC(=O)[C@H](CC(C)C)NC(=O)[C@H](CO)NC(C)=O)C(=O)N[C@@H](Cc1ccc2ccccc2c1)C(=O)OC. The number of benzene rings is 3. The minimum absolute atomic E-state index is 0.0868. The summed E-state index contributed by atoms with van der Waals surface area (Å²) in [6.07, 6.45) is -0.0987. The van der Waals surface area contributed by atoms with Crippen molar-refractivity contribution in [2.24, 2.45) is 17.6 Å². The lowest BCUT2D eigenvalue weighted by molar-refractivity contribution is -0.145. The van der Waals surface area contributed by atoms with E-state index in [9.17, 15) is 48.6 Å². The molecular formula is C50H70N8O11. The first-order valence-electron chi connectivity index (χ1n) is 23.5. The zero-order valence-electron chi connectivity index (χ0n) is 40.4. The quantitative estimate of drug-likeness (QED) is 0.0498. The van der Waals surface area contributed by atoms with Gasteiger partial charge in [0.1, 0.15) is 30.2 Å². The molecule has 1 heterocycles. The Bertz CT molecular complexity index is 2240. The van der Waals surface area contributed by atoms with Gasteiger partial charge in [0.2, 0.25) is 41.4 Å². The van der Waals surface area contributed by atoms with Crippen LogP contribution in [0.25, 0.3) is 10.8 Å². The lowest BCUT2D eigenvalue weighted by Gasteiger charge is -2.33. The highest BCUT2D eigenvalue weighted by Crippen LogP contribution is 2.22. The Balaban J connectivity index is 1.51. The van der Waals surface area contributed by atoms with Crippen molar-refractivity contribution in [2.75, 3.05) is 26.8 Å². The smallest absolute Gasteiger partial charge is 0.328 e. The van der Waals surface area contributed by atoms with Gasteiger partial charge in [-0.1, -0.05) is 107 Å². The molecule has 3 aromatic carbocycles. The Morgan fingerprint density at radius 2 is 1.36 bits per heavy atom. The van der Waals surface area contributed by atoms with Gasteiger partial charge in [-0.2, -0.15) is 0 Å². The second kappa shape index (κ2) is 26.9. The minimum Gasteiger partial charge on any atom is -0.467 e. The van der Waals surface area contributed by atoms with Crippen LogP contribution in [0.15, 0.2) is 72.8 Å². The number of hydrogen-bond acceptors (Lipinski definition) is 12. The number of primary amides is 1. The van der Waals surface area contributed by atoms with Crippen LogP contribution in [-0.4, -0.2) is 138 Å². The first kappa shape index (κ1) is 55.2. The maximum Gasteiger partial charge on any atom is 0.328 e. The number of hydrogen-bond donors (Lipinski definition) is 9. The van der Waals surface area contributed by atoms with Crippen molar-refractivity contribution in [3.8, 4) is 0 Å². The summed E-state index contributed by atoms with van der Waals surface area (Å²) in [7, 11) is 1.24. The van der Waals surface area contributed by atoms with Crippen LogP contribution in [0.4, 0.5) is 0 Å². The number of aliphatic hydroxyl groups is 2. The number of aliphatic hydroxyl groups excluding tert-OH is 2. The third kappa shape index (κ3) is 16.9. The third-order valence-electron chi connectivity index (χ3n) is 12.3. The van der Waals surface area contributed by atoms with Crippen molar-refractivity contribution in [1.82, 2.24) is 36.8 Å². The molecule has 0 aromatic heterocycles. The number of β-amino-alcohol motifs (C(OH)–C–C–N with tert-alkyl or cyclic N) is 1. The second-order valence-electron chi connectivity index (χ2n) is 18.2. The average Bonchev–Trinajstić information content (AvgIpc) is 3.78. The van der Waals surface area contributed by atoms with Gasteiger partial charge in [-0.15, -0.1) is 0 Å². The summed E-state index contributed by atoms with van der Waals surface area (Å²) < 4.78 is 5.07. The number of esters is 1. The predicted octanol–water partition coefficient (Wildman–Crippen LogP) is 0.512. The summed E-state index contributed by atoms with van der Waals surface area (Å²) in [4.78, 5) is 108. The third-order valence-corrected chi connectivity index (χ3v) is 12.3. The number of nitrogens with one attached hydrogen (secondary N) is 6. The summed E-state index contributed by atoms with van der Waals surface area (Å²) in [5, 5.41) is 39.5. The number of carbonyl (C=O) groups is 8. The Hall–Kier alpha value is -6.44. The fourth-order valence-corrected chi connectivity index (χ4v) is 8.39. The van der Waals surface area contributed by atoms with E-state index in [1.54, 1.807) is 49.1 Å². The molecule has 1 aliphatic heterocycles. The molecule has 19 nitrogen and oxygen atoms in total.